The Balaban J connectivity index is 1.68. The minimum absolute atomic E-state index is 0.309. The summed E-state index contributed by atoms with van der Waals surface area (Å²) in [4.78, 5) is 3.98. The van der Waals surface area contributed by atoms with Gasteiger partial charge in [-0.05, 0) is 31.0 Å². The summed E-state index contributed by atoms with van der Waals surface area (Å²) in [6.07, 6.45) is 7.58. The van der Waals surface area contributed by atoms with Gasteiger partial charge in [0.1, 0.15) is 5.82 Å². The minimum Gasteiger partial charge on any atom is -0.399 e. The molecular weight excluding hydrogens is 231 g/mol. The highest BCUT2D eigenvalue weighted by Gasteiger charge is 1.98. The number of halogens is 1. The normalized spacial score (nSPS) is 10.5. The van der Waals surface area contributed by atoms with E-state index < -0.39 is 0 Å². The Kier molecular flexibility index (Phi) is 4.17. The molecule has 0 saturated heterocycles. The molecule has 1 aromatic heterocycles. The molecule has 2 rings (SSSR count). The Morgan fingerprint density at radius 2 is 2.17 bits per heavy atom. The predicted octanol–water partition coefficient (Wildman–Crippen LogP) is 2.50. The molecule has 0 fully saturated rings. The van der Waals surface area contributed by atoms with Crippen molar-refractivity contribution < 1.29 is 4.39 Å². The van der Waals surface area contributed by atoms with Gasteiger partial charge in [-0.2, -0.15) is 0 Å². The Hall–Kier alpha value is -2.04. The van der Waals surface area contributed by atoms with Gasteiger partial charge in [0.05, 0.1) is 6.33 Å². The van der Waals surface area contributed by atoms with Crippen molar-refractivity contribution in [1.29, 1.82) is 0 Å². The van der Waals surface area contributed by atoms with Gasteiger partial charge < -0.3 is 15.6 Å². The maximum atomic E-state index is 13.1. The number of nitrogens with one attached hydrogen (secondary N) is 1. The van der Waals surface area contributed by atoms with Crippen LogP contribution in [0.5, 0.6) is 0 Å². The number of nitrogen functional groups attached to an aromatic ring is 1. The summed E-state index contributed by atoms with van der Waals surface area (Å²) in [5.41, 5.74) is 6.74. The molecule has 0 bridgehead atoms. The lowest BCUT2D eigenvalue weighted by Gasteiger charge is -2.07. The largest absolute Gasteiger partial charge is 0.399 e. The summed E-state index contributed by atoms with van der Waals surface area (Å²) >= 11 is 0. The summed E-state index contributed by atoms with van der Waals surface area (Å²) < 4.78 is 15.1. The highest BCUT2D eigenvalue weighted by atomic mass is 19.1. The highest BCUT2D eigenvalue weighted by molar-refractivity contribution is 5.54. The molecule has 0 aliphatic rings. The predicted molar refractivity (Wildman–Crippen MR) is 70.8 cm³/mol. The second kappa shape index (κ2) is 6.05. The number of aryl methyl sites for hydroxylation is 1. The zero-order chi connectivity index (χ0) is 12.8. The average molecular weight is 248 g/mol. The van der Waals surface area contributed by atoms with E-state index in [0.29, 0.717) is 5.69 Å². The van der Waals surface area contributed by atoms with Crippen molar-refractivity contribution in [3.8, 4) is 0 Å². The molecule has 0 aliphatic heterocycles. The van der Waals surface area contributed by atoms with E-state index in [1.165, 1.54) is 12.1 Å². The van der Waals surface area contributed by atoms with Gasteiger partial charge >= 0.3 is 0 Å². The topological polar surface area (TPSA) is 55.9 Å². The van der Waals surface area contributed by atoms with E-state index in [2.05, 4.69) is 10.3 Å². The third-order valence-electron chi connectivity index (χ3n) is 2.65. The second-order valence-corrected chi connectivity index (χ2v) is 4.21. The first-order chi connectivity index (χ1) is 8.74. The van der Waals surface area contributed by atoms with Crippen molar-refractivity contribution >= 4 is 11.4 Å². The molecule has 0 spiro atoms. The van der Waals surface area contributed by atoms with Crippen LogP contribution < -0.4 is 11.1 Å². The van der Waals surface area contributed by atoms with E-state index in [0.717, 1.165) is 31.6 Å². The fourth-order valence-corrected chi connectivity index (χ4v) is 1.79. The van der Waals surface area contributed by atoms with Crippen molar-refractivity contribution in [2.75, 3.05) is 17.6 Å². The lowest BCUT2D eigenvalue weighted by atomic mass is 10.2. The number of nitrogens with two attached hydrogens (primary N) is 1. The molecule has 0 radical (unpaired) electrons. The van der Waals surface area contributed by atoms with Crippen LogP contribution in [0.15, 0.2) is 36.9 Å². The third-order valence-corrected chi connectivity index (χ3v) is 2.65. The molecule has 0 unspecified atom stereocenters. The molecular formula is C13H17FN4. The molecule has 18 heavy (non-hydrogen) atoms. The lowest BCUT2D eigenvalue weighted by molar-refractivity contribution is 0.619. The first-order valence-corrected chi connectivity index (χ1v) is 6.00. The maximum absolute atomic E-state index is 13.1. The molecule has 96 valence electrons. The zero-order valence-electron chi connectivity index (χ0n) is 10.1. The van der Waals surface area contributed by atoms with Crippen molar-refractivity contribution in [3.05, 3.63) is 42.7 Å². The Morgan fingerprint density at radius 3 is 2.89 bits per heavy atom. The van der Waals surface area contributed by atoms with Crippen LogP contribution in [0.25, 0.3) is 0 Å². The van der Waals surface area contributed by atoms with Gasteiger partial charge in [-0.25, -0.2) is 9.37 Å². The third kappa shape index (κ3) is 3.76. The average Bonchev–Trinajstić information content (AvgIpc) is 2.80. The molecule has 1 heterocycles. The summed E-state index contributed by atoms with van der Waals surface area (Å²) in [5.74, 6) is -0.309. The first kappa shape index (κ1) is 12.4. The van der Waals surface area contributed by atoms with Crippen LogP contribution in [0.1, 0.15) is 12.8 Å². The molecule has 3 N–H and O–H groups in total. The standard InChI is InChI=1S/C13H17FN4/c14-11-7-12(15)9-13(8-11)17-3-1-2-5-18-6-4-16-10-18/h4,6-10,17H,1-3,5,15H2. The number of aromatic nitrogens is 2. The molecule has 0 aliphatic carbocycles. The van der Waals surface area contributed by atoms with Crippen LogP contribution in [0, 0.1) is 5.82 Å². The van der Waals surface area contributed by atoms with E-state index in [9.17, 15) is 4.39 Å². The molecule has 0 amide bonds. The smallest absolute Gasteiger partial charge is 0.127 e. The first-order valence-electron chi connectivity index (χ1n) is 6.00. The zero-order valence-corrected chi connectivity index (χ0v) is 10.1. The second-order valence-electron chi connectivity index (χ2n) is 4.21. The molecule has 0 atom stereocenters. The maximum Gasteiger partial charge on any atom is 0.127 e. The SMILES string of the molecule is Nc1cc(F)cc(NCCCCn2ccnc2)c1. The van der Waals surface area contributed by atoms with E-state index in [1.54, 1.807) is 18.6 Å². The Morgan fingerprint density at radius 1 is 1.28 bits per heavy atom. The van der Waals surface area contributed by atoms with Crippen LogP contribution in [-0.4, -0.2) is 16.1 Å². The van der Waals surface area contributed by atoms with Gasteiger partial charge in [0.15, 0.2) is 0 Å². The van der Waals surface area contributed by atoms with Gasteiger partial charge in [-0.1, -0.05) is 0 Å². The van der Waals surface area contributed by atoms with E-state index in [1.807, 2.05) is 10.8 Å². The highest BCUT2D eigenvalue weighted by Crippen LogP contribution is 2.15. The fourth-order valence-electron chi connectivity index (χ4n) is 1.79. The number of nitrogens with zero attached hydrogens (tertiary/aromatic N) is 2. The lowest BCUT2D eigenvalue weighted by Crippen LogP contribution is -2.04. The van der Waals surface area contributed by atoms with Crippen LogP contribution in [0.2, 0.25) is 0 Å². The summed E-state index contributed by atoms with van der Waals surface area (Å²) in [7, 11) is 0. The quantitative estimate of drug-likeness (QED) is 0.610. The molecule has 0 saturated carbocycles. The summed E-state index contributed by atoms with van der Waals surface area (Å²) in [5, 5.41) is 3.16. The number of benzene rings is 1. The van der Waals surface area contributed by atoms with E-state index in [4.69, 9.17) is 5.73 Å². The van der Waals surface area contributed by atoms with E-state index >= 15 is 0 Å². The molecule has 4 nitrogen and oxygen atoms in total. The molecule has 2 aromatic rings. The van der Waals surface area contributed by atoms with Gasteiger partial charge in [0.2, 0.25) is 0 Å². The summed E-state index contributed by atoms with van der Waals surface area (Å²) in [6, 6.07) is 4.50. The number of hydrogen-bond acceptors (Lipinski definition) is 3. The fraction of sp³-hybridized carbons (Fsp3) is 0.308. The van der Waals surface area contributed by atoms with Crippen molar-refractivity contribution in [3.63, 3.8) is 0 Å². The van der Waals surface area contributed by atoms with Crippen molar-refractivity contribution in [2.45, 2.75) is 19.4 Å². The van der Waals surface area contributed by atoms with Gasteiger partial charge in [0, 0.05) is 36.9 Å². The van der Waals surface area contributed by atoms with Crippen LogP contribution in [0.4, 0.5) is 15.8 Å². The van der Waals surface area contributed by atoms with Gasteiger partial charge in [0.25, 0.3) is 0 Å². The van der Waals surface area contributed by atoms with Gasteiger partial charge in [-0.15, -0.1) is 0 Å². The summed E-state index contributed by atoms with van der Waals surface area (Å²) in [6.45, 7) is 1.75. The minimum atomic E-state index is -0.309. The molecule has 5 heteroatoms. The van der Waals surface area contributed by atoms with Crippen molar-refractivity contribution in [2.24, 2.45) is 0 Å². The molecule has 1 aromatic carbocycles. The number of rotatable bonds is 6. The van der Waals surface area contributed by atoms with Crippen molar-refractivity contribution in [1.82, 2.24) is 9.55 Å². The van der Waals surface area contributed by atoms with Gasteiger partial charge in [-0.3, -0.25) is 0 Å². The monoisotopic (exact) mass is 248 g/mol. The number of imidazole rings is 1. The van der Waals surface area contributed by atoms with Crippen LogP contribution in [-0.2, 0) is 6.54 Å². The number of anilines is 2. The Bertz CT molecular complexity index is 461. The van der Waals surface area contributed by atoms with Crippen LogP contribution >= 0.6 is 0 Å². The number of hydrogen-bond donors (Lipinski definition) is 2. The van der Waals surface area contributed by atoms with Crippen LogP contribution in [0.3, 0.4) is 0 Å². The van der Waals surface area contributed by atoms with E-state index in [-0.39, 0.29) is 5.82 Å². The Labute approximate surface area is 106 Å². The number of unbranched alkanes of at least 4 members (excludes halogenated alkanes) is 1.